The molecule has 1 aliphatic rings. The molecule has 0 radical (unpaired) electrons. The van der Waals surface area contributed by atoms with Gasteiger partial charge in [-0.3, -0.25) is 4.90 Å². The van der Waals surface area contributed by atoms with Gasteiger partial charge in [-0.1, -0.05) is 30.7 Å². The second-order valence-corrected chi connectivity index (χ2v) is 6.20. The zero-order chi connectivity index (χ0) is 15.1. The molecule has 0 bridgehead atoms. The van der Waals surface area contributed by atoms with E-state index in [1.54, 1.807) is 7.11 Å². The highest BCUT2D eigenvalue weighted by atomic mass is 35.5. The molecule has 1 aromatic rings. The Morgan fingerprint density at radius 3 is 2.95 bits per heavy atom. The third-order valence-electron chi connectivity index (χ3n) is 4.26. The summed E-state index contributed by atoms with van der Waals surface area (Å²) in [5, 5.41) is 4.41. The molecule has 2 atom stereocenters. The van der Waals surface area contributed by atoms with Gasteiger partial charge >= 0.3 is 0 Å². The van der Waals surface area contributed by atoms with Crippen molar-refractivity contribution in [2.75, 3.05) is 33.4 Å². The SMILES string of the molecule is CCC(c1cccc(Cl)c1)N(CCOC)CC1CCCN1. The highest BCUT2D eigenvalue weighted by Crippen LogP contribution is 2.27. The van der Waals surface area contributed by atoms with Crippen LogP contribution in [0.15, 0.2) is 24.3 Å². The number of methoxy groups -OCH3 is 1. The second kappa shape index (κ2) is 8.74. The molecule has 0 spiro atoms. The molecule has 2 unspecified atom stereocenters. The molecular formula is C17H27ClN2O. The monoisotopic (exact) mass is 310 g/mol. The average molecular weight is 311 g/mol. The summed E-state index contributed by atoms with van der Waals surface area (Å²) < 4.78 is 5.30. The van der Waals surface area contributed by atoms with Crippen molar-refractivity contribution < 1.29 is 4.74 Å². The van der Waals surface area contributed by atoms with Gasteiger partial charge in [-0.2, -0.15) is 0 Å². The van der Waals surface area contributed by atoms with E-state index < -0.39 is 0 Å². The Morgan fingerprint density at radius 1 is 1.48 bits per heavy atom. The van der Waals surface area contributed by atoms with Gasteiger partial charge in [0, 0.05) is 37.3 Å². The summed E-state index contributed by atoms with van der Waals surface area (Å²) in [5.41, 5.74) is 1.30. The maximum atomic E-state index is 6.17. The van der Waals surface area contributed by atoms with Crippen LogP contribution in [0.25, 0.3) is 0 Å². The molecule has 118 valence electrons. The summed E-state index contributed by atoms with van der Waals surface area (Å²) in [7, 11) is 1.77. The Hall–Kier alpha value is -0.610. The van der Waals surface area contributed by atoms with E-state index in [1.807, 2.05) is 12.1 Å². The Bertz CT molecular complexity index is 421. The van der Waals surface area contributed by atoms with E-state index >= 15 is 0 Å². The molecule has 1 heterocycles. The van der Waals surface area contributed by atoms with Crippen LogP contribution >= 0.6 is 11.6 Å². The molecule has 0 amide bonds. The lowest BCUT2D eigenvalue weighted by molar-refractivity contribution is 0.110. The van der Waals surface area contributed by atoms with Crippen molar-refractivity contribution in [1.29, 1.82) is 0 Å². The Balaban J connectivity index is 2.10. The number of rotatable bonds is 8. The minimum Gasteiger partial charge on any atom is -0.383 e. The van der Waals surface area contributed by atoms with E-state index in [1.165, 1.54) is 18.4 Å². The molecule has 1 N–H and O–H groups in total. The number of ether oxygens (including phenoxy) is 1. The van der Waals surface area contributed by atoms with Gasteiger partial charge in [-0.05, 0) is 43.5 Å². The first kappa shape index (κ1) is 16.8. The van der Waals surface area contributed by atoms with E-state index in [2.05, 4.69) is 29.3 Å². The van der Waals surface area contributed by atoms with Crippen molar-refractivity contribution in [3.63, 3.8) is 0 Å². The van der Waals surface area contributed by atoms with Crippen LogP contribution in [0.1, 0.15) is 37.8 Å². The molecule has 0 aliphatic carbocycles. The topological polar surface area (TPSA) is 24.5 Å². The number of hydrogen-bond acceptors (Lipinski definition) is 3. The minimum atomic E-state index is 0.404. The molecule has 0 saturated carbocycles. The normalized spacial score (nSPS) is 20.1. The van der Waals surface area contributed by atoms with Gasteiger partial charge < -0.3 is 10.1 Å². The van der Waals surface area contributed by atoms with E-state index in [4.69, 9.17) is 16.3 Å². The largest absolute Gasteiger partial charge is 0.383 e. The average Bonchev–Trinajstić information content (AvgIpc) is 2.98. The van der Waals surface area contributed by atoms with Gasteiger partial charge in [0.15, 0.2) is 0 Å². The zero-order valence-corrected chi connectivity index (χ0v) is 13.9. The van der Waals surface area contributed by atoms with Crippen LogP contribution in [0, 0.1) is 0 Å². The lowest BCUT2D eigenvalue weighted by Gasteiger charge is -2.33. The molecule has 0 aromatic heterocycles. The van der Waals surface area contributed by atoms with Gasteiger partial charge in [0.1, 0.15) is 0 Å². The summed E-state index contributed by atoms with van der Waals surface area (Å²) in [6, 6.07) is 9.27. The molecule has 1 saturated heterocycles. The van der Waals surface area contributed by atoms with Gasteiger partial charge in [0.25, 0.3) is 0 Å². The molecule has 1 aromatic carbocycles. The highest BCUT2D eigenvalue weighted by molar-refractivity contribution is 6.30. The van der Waals surface area contributed by atoms with Crippen molar-refractivity contribution in [3.05, 3.63) is 34.9 Å². The van der Waals surface area contributed by atoms with E-state index in [9.17, 15) is 0 Å². The fourth-order valence-corrected chi connectivity index (χ4v) is 3.40. The molecule has 3 nitrogen and oxygen atoms in total. The van der Waals surface area contributed by atoms with Crippen molar-refractivity contribution in [1.82, 2.24) is 10.2 Å². The predicted octanol–water partition coefficient (Wildman–Crippen LogP) is 3.49. The van der Waals surface area contributed by atoms with Crippen LogP contribution in [0.3, 0.4) is 0 Å². The van der Waals surface area contributed by atoms with Crippen molar-refractivity contribution in [2.24, 2.45) is 0 Å². The van der Waals surface area contributed by atoms with Crippen LogP contribution in [0.5, 0.6) is 0 Å². The van der Waals surface area contributed by atoms with Crippen molar-refractivity contribution in [2.45, 2.75) is 38.3 Å². The van der Waals surface area contributed by atoms with E-state index in [0.29, 0.717) is 12.1 Å². The third-order valence-corrected chi connectivity index (χ3v) is 4.50. The Labute approximate surface area is 133 Å². The smallest absolute Gasteiger partial charge is 0.0589 e. The van der Waals surface area contributed by atoms with E-state index in [0.717, 1.165) is 37.7 Å². The summed E-state index contributed by atoms with van der Waals surface area (Å²) in [4.78, 5) is 2.54. The Morgan fingerprint density at radius 2 is 2.33 bits per heavy atom. The van der Waals surface area contributed by atoms with Crippen molar-refractivity contribution >= 4 is 11.6 Å². The fourth-order valence-electron chi connectivity index (χ4n) is 3.20. The number of benzene rings is 1. The number of halogens is 1. The maximum Gasteiger partial charge on any atom is 0.0589 e. The second-order valence-electron chi connectivity index (χ2n) is 5.76. The van der Waals surface area contributed by atoms with Crippen LogP contribution < -0.4 is 5.32 Å². The predicted molar refractivity (Wildman–Crippen MR) is 89.0 cm³/mol. The van der Waals surface area contributed by atoms with E-state index in [-0.39, 0.29) is 0 Å². The summed E-state index contributed by atoms with van der Waals surface area (Å²) >= 11 is 6.17. The highest BCUT2D eigenvalue weighted by Gasteiger charge is 2.24. The van der Waals surface area contributed by atoms with Crippen LogP contribution in [0.2, 0.25) is 5.02 Å². The minimum absolute atomic E-state index is 0.404. The summed E-state index contributed by atoms with van der Waals surface area (Å²) in [6.07, 6.45) is 3.64. The first-order valence-corrected chi connectivity index (χ1v) is 8.34. The lowest BCUT2D eigenvalue weighted by atomic mass is 10.0. The molecule has 1 aliphatic heterocycles. The zero-order valence-electron chi connectivity index (χ0n) is 13.1. The third kappa shape index (κ3) is 4.96. The van der Waals surface area contributed by atoms with Crippen LogP contribution in [0.4, 0.5) is 0 Å². The first-order valence-electron chi connectivity index (χ1n) is 7.96. The number of nitrogens with zero attached hydrogens (tertiary/aromatic N) is 1. The molecule has 4 heteroatoms. The van der Waals surface area contributed by atoms with Gasteiger partial charge in [0.05, 0.1) is 6.61 Å². The fraction of sp³-hybridized carbons (Fsp3) is 0.647. The molecule has 2 rings (SSSR count). The van der Waals surface area contributed by atoms with Gasteiger partial charge in [-0.15, -0.1) is 0 Å². The van der Waals surface area contributed by atoms with Gasteiger partial charge in [-0.25, -0.2) is 0 Å². The molecule has 1 fully saturated rings. The Kier molecular flexibility index (Phi) is 6.97. The molecular weight excluding hydrogens is 284 g/mol. The molecule has 21 heavy (non-hydrogen) atoms. The lowest BCUT2D eigenvalue weighted by Crippen LogP contribution is -2.41. The number of hydrogen-bond donors (Lipinski definition) is 1. The maximum absolute atomic E-state index is 6.17. The van der Waals surface area contributed by atoms with Crippen molar-refractivity contribution in [3.8, 4) is 0 Å². The first-order chi connectivity index (χ1) is 10.2. The van der Waals surface area contributed by atoms with Crippen LogP contribution in [-0.2, 0) is 4.74 Å². The quantitative estimate of drug-likeness (QED) is 0.795. The standard InChI is InChI=1S/C17H27ClN2O/c1-3-17(14-6-4-7-15(18)12-14)20(10-11-21-2)13-16-8-5-9-19-16/h4,6-7,12,16-17,19H,3,5,8-11,13H2,1-2H3. The number of nitrogens with one attached hydrogen (secondary N) is 1. The summed E-state index contributed by atoms with van der Waals surface area (Å²) in [6.45, 7) is 6.20. The summed E-state index contributed by atoms with van der Waals surface area (Å²) in [5.74, 6) is 0. The van der Waals surface area contributed by atoms with Crippen LogP contribution in [-0.4, -0.2) is 44.3 Å². The van der Waals surface area contributed by atoms with Gasteiger partial charge in [0.2, 0.25) is 0 Å².